The van der Waals surface area contributed by atoms with Gasteiger partial charge in [-0.2, -0.15) is 0 Å². The SMILES string of the molecule is CCNC(=O)c1nnc(-c2cc(C(C)C)c(O)cc2O)n1-c1ccc(C(=O)N2CCN(c3ccc(OC(=O)Nc4cccc5c4C(=O)N(C4CCC(=O)NC4=O)C5=O)c(C)c3)CC2)cc1. The van der Waals surface area contributed by atoms with Crippen LogP contribution in [0.25, 0.3) is 17.1 Å². The van der Waals surface area contributed by atoms with Crippen LogP contribution in [-0.4, -0.2) is 115 Å². The van der Waals surface area contributed by atoms with E-state index in [1.54, 1.807) is 61.2 Å². The van der Waals surface area contributed by atoms with Crippen LogP contribution in [0, 0.1) is 6.92 Å². The fraction of sp³-hybridized carbons (Fsp3) is 0.283. The van der Waals surface area contributed by atoms with Gasteiger partial charge in [-0.25, -0.2) is 4.79 Å². The Labute approximate surface area is 372 Å². The van der Waals surface area contributed by atoms with Crippen LogP contribution >= 0.6 is 0 Å². The number of benzene rings is 4. The smallest absolute Gasteiger partial charge is 0.417 e. The third kappa shape index (κ3) is 8.30. The molecular formula is C46H45N9O10. The first kappa shape index (κ1) is 43.6. The number of nitrogens with zero attached hydrogens (tertiary/aromatic N) is 6. The number of aryl methyl sites for hydroxylation is 1. The fourth-order valence-corrected chi connectivity index (χ4v) is 8.23. The van der Waals surface area contributed by atoms with E-state index in [1.165, 1.54) is 28.8 Å². The number of hydrogen-bond acceptors (Lipinski definition) is 13. The number of phenols is 2. The number of amides is 7. The molecule has 19 nitrogen and oxygen atoms in total. The minimum absolute atomic E-state index is 0.00553. The van der Waals surface area contributed by atoms with Gasteiger partial charge in [0, 0.05) is 62.1 Å². The number of rotatable bonds is 10. The molecule has 0 bridgehead atoms. The van der Waals surface area contributed by atoms with Gasteiger partial charge in [-0.15, -0.1) is 10.2 Å². The van der Waals surface area contributed by atoms with E-state index < -0.39 is 41.7 Å². The van der Waals surface area contributed by atoms with Crippen molar-refractivity contribution in [1.29, 1.82) is 0 Å². The molecule has 0 aliphatic carbocycles. The van der Waals surface area contributed by atoms with E-state index in [0.717, 1.165) is 10.6 Å². The molecule has 3 aliphatic heterocycles. The van der Waals surface area contributed by atoms with Gasteiger partial charge in [0.2, 0.25) is 17.6 Å². The van der Waals surface area contributed by atoms with Crippen LogP contribution in [0.2, 0.25) is 0 Å². The average molecular weight is 884 g/mol. The van der Waals surface area contributed by atoms with Crippen molar-refractivity contribution in [2.75, 3.05) is 42.9 Å². The predicted octanol–water partition coefficient (Wildman–Crippen LogP) is 4.50. The first-order valence-electron chi connectivity index (χ1n) is 21.0. The lowest BCUT2D eigenvalue weighted by atomic mass is 9.98. The number of aromatic nitrogens is 3. The van der Waals surface area contributed by atoms with Gasteiger partial charge in [-0.05, 0) is 98.0 Å². The van der Waals surface area contributed by atoms with Crippen molar-refractivity contribution in [3.05, 3.63) is 106 Å². The van der Waals surface area contributed by atoms with Crippen molar-refractivity contribution in [2.24, 2.45) is 0 Å². The molecule has 1 aromatic heterocycles. The summed E-state index contributed by atoms with van der Waals surface area (Å²) in [7, 11) is 0. The number of piperazine rings is 1. The second-order valence-electron chi connectivity index (χ2n) is 16.1. The van der Waals surface area contributed by atoms with Crippen LogP contribution in [0.15, 0.2) is 72.8 Å². The fourth-order valence-electron chi connectivity index (χ4n) is 8.23. The summed E-state index contributed by atoms with van der Waals surface area (Å²) in [4.78, 5) is 95.5. The molecule has 2 saturated heterocycles. The summed E-state index contributed by atoms with van der Waals surface area (Å²) in [6.45, 7) is 9.54. The number of nitrogens with one attached hydrogen (secondary N) is 3. The third-order valence-electron chi connectivity index (χ3n) is 11.6. The second kappa shape index (κ2) is 17.6. The maximum atomic E-state index is 13.7. The molecule has 3 aliphatic rings. The number of aromatic hydroxyl groups is 2. The van der Waals surface area contributed by atoms with Crippen LogP contribution < -0.4 is 25.6 Å². The van der Waals surface area contributed by atoms with E-state index in [2.05, 4.69) is 31.0 Å². The highest BCUT2D eigenvalue weighted by Gasteiger charge is 2.46. The van der Waals surface area contributed by atoms with Crippen LogP contribution in [0.1, 0.15) is 92.4 Å². The highest BCUT2D eigenvalue weighted by molar-refractivity contribution is 6.26. The molecule has 7 amide bonds. The molecule has 1 unspecified atom stereocenters. The molecule has 0 radical (unpaired) electrons. The first-order chi connectivity index (χ1) is 31.1. The van der Waals surface area contributed by atoms with Crippen molar-refractivity contribution in [3.63, 3.8) is 0 Å². The summed E-state index contributed by atoms with van der Waals surface area (Å²) in [6.07, 6.45) is -0.938. The molecule has 5 aromatic rings. The summed E-state index contributed by atoms with van der Waals surface area (Å²) in [5.41, 5.74) is 3.18. The number of carbonyl (C=O) groups is 7. The van der Waals surface area contributed by atoms with Gasteiger partial charge < -0.3 is 30.1 Å². The lowest BCUT2D eigenvalue weighted by Gasteiger charge is -2.36. The number of hydrogen-bond donors (Lipinski definition) is 5. The Bertz CT molecular complexity index is 2790. The molecule has 0 spiro atoms. The van der Waals surface area contributed by atoms with Crippen LogP contribution in [0.4, 0.5) is 16.2 Å². The molecule has 5 N–H and O–H groups in total. The van der Waals surface area contributed by atoms with Crippen LogP contribution in [-0.2, 0) is 9.59 Å². The van der Waals surface area contributed by atoms with Gasteiger partial charge in [-0.1, -0.05) is 19.9 Å². The van der Waals surface area contributed by atoms with Gasteiger partial charge in [-0.3, -0.25) is 48.9 Å². The molecule has 65 heavy (non-hydrogen) atoms. The lowest BCUT2D eigenvalue weighted by molar-refractivity contribution is -0.136. The monoisotopic (exact) mass is 883 g/mol. The third-order valence-corrected chi connectivity index (χ3v) is 11.6. The highest BCUT2D eigenvalue weighted by Crippen LogP contribution is 2.39. The second-order valence-corrected chi connectivity index (χ2v) is 16.1. The Kier molecular flexibility index (Phi) is 11.8. The standard InChI is InChI=1S/C46H45N9O10/c1-5-47-42(60)40-51-50-39(31-22-30(24(2)3)34(56)23-35(31)57)54(40)27-11-9-26(10-12-27)43(61)53-19-17-52(18-20-53)28-13-15-36(25(4)21-28)65-46(64)48-32-8-6-7-29-38(32)45(63)55(44(29)62)33-14-16-37(58)49-41(33)59/h6-13,15,21-24,33,56-57H,5,14,16-20H2,1-4H3,(H,47,60)(H,48,64)(H,49,58,59). The number of fused-ring (bicyclic) bond motifs is 1. The number of ether oxygens (including phenoxy) is 1. The van der Waals surface area contributed by atoms with Gasteiger partial charge in [0.05, 0.1) is 22.4 Å². The first-order valence-corrected chi connectivity index (χ1v) is 21.0. The Hall–Kier alpha value is -8.09. The summed E-state index contributed by atoms with van der Waals surface area (Å²) in [5.74, 6) is -3.37. The summed E-state index contributed by atoms with van der Waals surface area (Å²) < 4.78 is 7.11. The molecule has 19 heteroatoms. The molecule has 0 saturated carbocycles. The quantitative estimate of drug-likeness (QED) is 0.122. The normalized spacial score (nSPS) is 16.1. The predicted molar refractivity (Wildman–Crippen MR) is 234 cm³/mol. The molecule has 8 rings (SSSR count). The Morgan fingerprint density at radius 2 is 1.58 bits per heavy atom. The molecular weight excluding hydrogens is 839 g/mol. The summed E-state index contributed by atoms with van der Waals surface area (Å²) in [6, 6.07) is 18.0. The van der Waals surface area contributed by atoms with Crippen LogP contribution in [0.5, 0.6) is 17.2 Å². The zero-order valence-electron chi connectivity index (χ0n) is 35.9. The Balaban J connectivity index is 0.907. The topological polar surface area (TPSA) is 246 Å². The number of phenolic OH excluding ortho intramolecular Hbond substituents is 2. The van der Waals surface area contributed by atoms with Crippen molar-refractivity contribution < 1.29 is 48.5 Å². The Morgan fingerprint density at radius 3 is 2.26 bits per heavy atom. The van der Waals surface area contributed by atoms with E-state index in [9.17, 15) is 43.8 Å². The molecule has 1 atom stereocenters. The number of anilines is 2. The molecule has 4 heterocycles. The zero-order chi connectivity index (χ0) is 46.3. The van der Waals surface area contributed by atoms with Gasteiger partial charge >= 0.3 is 6.09 Å². The van der Waals surface area contributed by atoms with Crippen molar-refractivity contribution >= 4 is 52.9 Å². The molecule has 334 valence electrons. The van der Waals surface area contributed by atoms with E-state index in [-0.39, 0.29) is 75.9 Å². The largest absolute Gasteiger partial charge is 0.508 e. The van der Waals surface area contributed by atoms with E-state index in [0.29, 0.717) is 55.1 Å². The number of carbonyl (C=O) groups excluding carboxylic acids is 7. The van der Waals surface area contributed by atoms with Crippen LogP contribution in [0.3, 0.4) is 0 Å². The minimum atomic E-state index is -1.16. The zero-order valence-corrected chi connectivity index (χ0v) is 35.9. The van der Waals surface area contributed by atoms with Crippen molar-refractivity contribution in [2.45, 2.75) is 52.5 Å². The average Bonchev–Trinajstić information content (AvgIpc) is 3.83. The highest BCUT2D eigenvalue weighted by atomic mass is 16.6. The van der Waals surface area contributed by atoms with Gasteiger partial charge in [0.25, 0.3) is 23.6 Å². The van der Waals surface area contributed by atoms with E-state index >= 15 is 0 Å². The number of imide groups is 2. The molecule has 2 fully saturated rings. The number of piperidine rings is 1. The van der Waals surface area contributed by atoms with Crippen molar-refractivity contribution in [3.8, 4) is 34.3 Å². The lowest BCUT2D eigenvalue weighted by Crippen LogP contribution is -2.54. The maximum Gasteiger partial charge on any atom is 0.417 e. The summed E-state index contributed by atoms with van der Waals surface area (Å²) in [5, 5.41) is 37.2. The van der Waals surface area contributed by atoms with Gasteiger partial charge in [0.1, 0.15) is 23.3 Å². The van der Waals surface area contributed by atoms with E-state index in [1.807, 2.05) is 19.9 Å². The van der Waals surface area contributed by atoms with E-state index in [4.69, 9.17) is 4.74 Å². The minimum Gasteiger partial charge on any atom is -0.508 e. The Morgan fingerprint density at radius 1 is 0.862 bits per heavy atom. The maximum absolute atomic E-state index is 13.7. The van der Waals surface area contributed by atoms with Crippen molar-refractivity contribution in [1.82, 2.24) is 35.2 Å². The van der Waals surface area contributed by atoms with Gasteiger partial charge in [0.15, 0.2) is 5.82 Å². The molecule has 4 aromatic carbocycles. The summed E-state index contributed by atoms with van der Waals surface area (Å²) >= 11 is 0.